The van der Waals surface area contributed by atoms with E-state index in [1.165, 1.54) is 80.3 Å². The number of allylic oxidation sites excluding steroid dienone is 24. The van der Waals surface area contributed by atoms with Crippen LogP contribution in [0.15, 0.2) is 166 Å². The quantitative estimate of drug-likeness (QED) is 0.292. The van der Waals surface area contributed by atoms with E-state index in [0.29, 0.717) is 47.3 Å². The lowest BCUT2D eigenvalue weighted by atomic mass is 9.60. The molecule has 10 unspecified atom stereocenters. The van der Waals surface area contributed by atoms with Gasteiger partial charge in [0.2, 0.25) is 0 Å². The molecule has 0 bridgehead atoms. The molecule has 0 saturated heterocycles. The molecule has 3 heteroatoms. The van der Waals surface area contributed by atoms with Crippen LogP contribution in [0.2, 0.25) is 0 Å². The molecule has 1 aromatic rings. The minimum absolute atomic E-state index is 0.0438. The minimum atomic E-state index is 0.0438. The fourth-order valence-electron chi connectivity index (χ4n) is 13.3. The number of nitrogens with one attached hydrogen (secondary N) is 2. The predicted octanol–water partition coefficient (Wildman–Crippen LogP) is 13.0. The van der Waals surface area contributed by atoms with Crippen LogP contribution < -0.4 is 10.6 Å². The number of nitrogens with zero attached hydrogens (tertiary/aromatic N) is 1. The Balaban J connectivity index is 0.827. The Kier molecular flexibility index (Phi) is 9.65. The lowest BCUT2D eigenvalue weighted by Gasteiger charge is -2.44. The number of aliphatic imine (C=N–C) groups is 1. The molecule has 0 saturated carbocycles. The zero-order chi connectivity index (χ0) is 39.6. The first-order valence-corrected chi connectivity index (χ1v) is 23.9. The van der Waals surface area contributed by atoms with Crippen molar-refractivity contribution in [2.24, 2.45) is 46.4 Å². The van der Waals surface area contributed by atoms with Crippen molar-refractivity contribution in [2.45, 2.75) is 108 Å². The molecule has 1 aliphatic heterocycles. The van der Waals surface area contributed by atoms with Gasteiger partial charge in [0.05, 0.1) is 0 Å². The first kappa shape index (κ1) is 37.1. The van der Waals surface area contributed by atoms with E-state index >= 15 is 0 Å². The SMILES string of the molecule is C1=CCC2C(=C1)C1=C(CCCC1)c1ccc(C3=CC(C4N=C(C5CC=CCC5)NC(C5=CC(C6C=CC7=C(C6)C6=CC=CCC6C6C=CC=CC76)CCC5)N4)CC=C3)cc12. The molecule has 10 aliphatic carbocycles. The summed E-state index contributed by atoms with van der Waals surface area (Å²) < 4.78 is 0. The molecule has 0 spiro atoms. The number of benzene rings is 1. The third-order valence-corrected chi connectivity index (χ3v) is 16.3. The average molecular weight is 788 g/mol. The van der Waals surface area contributed by atoms with Crippen LogP contribution in [0.4, 0.5) is 0 Å². The first-order valence-electron chi connectivity index (χ1n) is 23.9. The molecule has 3 nitrogen and oxygen atoms in total. The number of amidine groups is 1. The fourth-order valence-corrected chi connectivity index (χ4v) is 13.3. The van der Waals surface area contributed by atoms with Crippen LogP contribution in [0, 0.1) is 41.4 Å². The van der Waals surface area contributed by atoms with Crippen molar-refractivity contribution in [3.05, 3.63) is 178 Å². The molecule has 0 radical (unpaired) electrons. The molecule has 304 valence electrons. The van der Waals surface area contributed by atoms with Gasteiger partial charge in [-0.15, -0.1) is 0 Å². The highest BCUT2D eigenvalue weighted by molar-refractivity contribution is 5.87. The molecule has 60 heavy (non-hydrogen) atoms. The van der Waals surface area contributed by atoms with E-state index < -0.39 is 0 Å². The van der Waals surface area contributed by atoms with Crippen LogP contribution in [-0.2, 0) is 0 Å². The molecule has 0 fully saturated rings. The Morgan fingerprint density at radius 2 is 1.57 bits per heavy atom. The zero-order valence-corrected chi connectivity index (χ0v) is 35.2. The van der Waals surface area contributed by atoms with E-state index in [0.717, 1.165) is 32.1 Å². The van der Waals surface area contributed by atoms with Gasteiger partial charge < -0.3 is 5.32 Å². The molecule has 2 N–H and O–H groups in total. The molecule has 10 atom stereocenters. The summed E-state index contributed by atoms with van der Waals surface area (Å²) in [6.07, 6.45) is 60.7. The highest BCUT2D eigenvalue weighted by atomic mass is 15.3. The van der Waals surface area contributed by atoms with Crippen molar-refractivity contribution in [1.29, 1.82) is 0 Å². The normalized spacial score (nSPS) is 36.0. The van der Waals surface area contributed by atoms with E-state index in [2.05, 4.69) is 138 Å². The molecule has 0 amide bonds. The maximum absolute atomic E-state index is 5.59. The van der Waals surface area contributed by atoms with Crippen molar-refractivity contribution in [2.75, 3.05) is 0 Å². The molecule has 0 aromatic heterocycles. The van der Waals surface area contributed by atoms with Crippen molar-refractivity contribution < 1.29 is 0 Å². The van der Waals surface area contributed by atoms with Crippen LogP contribution in [0.1, 0.15) is 112 Å². The van der Waals surface area contributed by atoms with Crippen molar-refractivity contribution >= 4 is 17.0 Å². The molecular weight excluding hydrogens is 727 g/mol. The molecule has 12 rings (SSSR count). The number of hydrogen-bond acceptors (Lipinski definition) is 3. The number of hydrogen-bond donors (Lipinski definition) is 2. The van der Waals surface area contributed by atoms with Crippen LogP contribution in [0.3, 0.4) is 0 Å². The highest BCUT2D eigenvalue weighted by Gasteiger charge is 2.42. The van der Waals surface area contributed by atoms with Crippen molar-refractivity contribution in [1.82, 2.24) is 10.6 Å². The van der Waals surface area contributed by atoms with Crippen molar-refractivity contribution in [3.63, 3.8) is 0 Å². The molecule has 1 heterocycles. The van der Waals surface area contributed by atoms with E-state index in [1.54, 1.807) is 44.6 Å². The lowest BCUT2D eigenvalue weighted by Crippen LogP contribution is -2.58. The molecule has 1 aromatic carbocycles. The van der Waals surface area contributed by atoms with E-state index in [1.807, 2.05) is 0 Å². The number of fused-ring (bicyclic) bond motifs is 10. The van der Waals surface area contributed by atoms with Gasteiger partial charge in [0.15, 0.2) is 0 Å². The van der Waals surface area contributed by atoms with E-state index in [4.69, 9.17) is 4.99 Å². The molecular formula is C57H61N3. The summed E-state index contributed by atoms with van der Waals surface area (Å²) in [7, 11) is 0. The fraction of sp³-hybridized carbons (Fsp3) is 0.421. The van der Waals surface area contributed by atoms with Gasteiger partial charge in [-0.2, -0.15) is 0 Å². The Labute approximate surface area is 358 Å². The second-order valence-electron chi connectivity index (χ2n) is 19.6. The third-order valence-electron chi connectivity index (χ3n) is 16.3. The summed E-state index contributed by atoms with van der Waals surface area (Å²) in [5, 5.41) is 8.20. The summed E-state index contributed by atoms with van der Waals surface area (Å²) in [4.78, 5) is 5.59. The summed E-state index contributed by atoms with van der Waals surface area (Å²) in [5.41, 5.74) is 17.1. The van der Waals surface area contributed by atoms with Gasteiger partial charge in [0.25, 0.3) is 0 Å². The summed E-state index contributed by atoms with van der Waals surface area (Å²) in [6.45, 7) is 0. The van der Waals surface area contributed by atoms with Crippen LogP contribution in [-0.4, -0.2) is 18.2 Å². The lowest BCUT2D eigenvalue weighted by molar-refractivity contribution is 0.326. The van der Waals surface area contributed by atoms with Gasteiger partial charge in [0, 0.05) is 23.7 Å². The van der Waals surface area contributed by atoms with Crippen LogP contribution >= 0.6 is 0 Å². The maximum atomic E-state index is 5.59. The summed E-state index contributed by atoms with van der Waals surface area (Å²) in [5.74, 6) is 5.32. The van der Waals surface area contributed by atoms with E-state index in [-0.39, 0.29) is 12.3 Å². The Bertz CT molecular complexity index is 2400. The minimum Gasteiger partial charge on any atom is -0.355 e. The monoisotopic (exact) mass is 787 g/mol. The topological polar surface area (TPSA) is 36.4 Å². The Hall–Kier alpha value is -4.73. The highest BCUT2D eigenvalue weighted by Crippen LogP contribution is 2.53. The first-order chi connectivity index (χ1) is 29.7. The zero-order valence-electron chi connectivity index (χ0n) is 35.2. The van der Waals surface area contributed by atoms with Gasteiger partial charge in [-0.1, -0.05) is 122 Å². The standard InChI is InChI=1S/C57H61N3/c1-2-14-36(15-3-1)55-58-56(41-18-12-16-37(32-41)39-28-30-51-47-24-6-4-20-43(47)45-22-8-10-26-49(45)53(51)34-39)60-57(59-55)42-19-13-17-38(33-42)40-29-31-52-48-25-7-5-21-44(48)46-23-9-11-27-50(46)54(52)35-40/h1-2,4,6,8-11,13,17,20,23-24,26,28-33,35-37,39,42-43,45,47,50,56-57,60H,3,5,7,12,14-16,18-19,21-22,25,27,34H2,(H,58,59). The van der Waals surface area contributed by atoms with Gasteiger partial charge >= 0.3 is 0 Å². The molecule has 11 aliphatic rings. The summed E-state index contributed by atoms with van der Waals surface area (Å²) in [6, 6.07) is 7.47. The van der Waals surface area contributed by atoms with Gasteiger partial charge in [-0.05, 0) is 181 Å². The maximum Gasteiger partial charge on any atom is 0.110 e. The van der Waals surface area contributed by atoms with Gasteiger partial charge in [-0.3, -0.25) is 10.3 Å². The average Bonchev–Trinajstić information content (AvgIpc) is 3.34. The van der Waals surface area contributed by atoms with Gasteiger partial charge in [-0.25, -0.2) is 0 Å². The predicted molar refractivity (Wildman–Crippen MR) is 250 cm³/mol. The summed E-state index contributed by atoms with van der Waals surface area (Å²) >= 11 is 0. The van der Waals surface area contributed by atoms with Crippen molar-refractivity contribution in [3.8, 4) is 0 Å². The second-order valence-corrected chi connectivity index (χ2v) is 19.6. The third kappa shape index (κ3) is 6.53. The smallest absolute Gasteiger partial charge is 0.110 e. The Morgan fingerprint density at radius 3 is 2.50 bits per heavy atom. The van der Waals surface area contributed by atoms with Crippen LogP contribution in [0.25, 0.3) is 11.1 Å². The van der Waals surface area contributed by atoms with Crippen LogP contribution in [0.5, 0.6) is 0 Å². The number of rotatable bonds is 5. The van der Waals surface area contributed by atoms with Gasteiger partial charge in [0.1, 0.15) is 18.2 Å². The largest absolute Gasteiger partial charge is 0.355 e. The van der Waals surface area contributed by atoms with E-state index in [9.17, 15) is 0 Å². The Morgan fingerprint density at radius 1 is 0.667 bits per heavy atom. The second kappa shape index (κ2) is 15.6.